The van der Waals surface area contributed by atoms with Gasteiger partial charge >= 0.3 is 5.97 Å². The molecule has 0 saturated heterocycles. The van der Waals surface area contributed by atoms with Crippen LogP contribution in [0.2, 0.25) is 0 Å². The SMILES string of the molecule is CC1=C(C#N)C(=O)N(Cc2ccccc2)C(=O)/C1=C/c1ccc(-c2ccc(C(=O)OCc3ccccc3)cc2)o1. The molecule has 4 aromatic rings. The summed E-state index contributed by atoms with van der Waals surface area (Å²) in [5.74, 6) is -0.634. The van der Waals surface area contributed by atoms with E-state index < -0.39 is 17.8 Å². The molecule has 40 heavy (non-hydrogen) atoms. The number of furan rings is 1. The monoisotopic (exact) mass is 528 g/mol. The highest BCUT2D eigenvalue weighted by Crippen LogP contribution is 2.30. The molecular formula is C33H24N2O5. The summed E-state index contributed by atoms with van der Waals surface area (Å²) in [6, 6.07) is 30.8. The molecule has 0 unspecified atom stereocenters. The van der Waals surface area contributed by atoms with Crippen molar-refractivity contribution in [3.05, 3.63) is 136 Å². The average molecular weight is 529 g/mol. The minimum Gasteiger partial charge on any atom is -0.457 e. The Balaban J connectivity index is 1.34. The molecular weight excluding hydrogens is 504 g/mol. The van der Waals surface area contributed by atoms with Crippen LogP contribution in [0.5, 0.6) is 0 Å². The molecule has 0 aliphatic carbocycles. The highest BCUT2D eigenvalue weighted by molar-refractivity contribution is 6.19. The Hall–Kier alpha value is -5.48. The first-order valence-electron chi connectivity index (χ1n) is 12.6. The number of ether oxygens (including phenoxy) is 1. The van der Waals surface area contributed by atoms with Crippen molar-refractivity contribution >= 4 is 23.9 Å². The summed E-state index contributed by atoms with van der Waals surface area (Å²) in [4.78, 5) is 39.7. The van der Waals surface area contributed by atoms with Gasteiger partial charge in [-0.2, -0.15) is 5.26 Å². The number of benzene rings is 3. The van der Waals surface area contributed by atoms with Crippen molar-refractivity contribution < 1.29 is 23.5 Å². The predicted octanol–water partition coefficient (Wildman–Crippen LogP) is 6.10. The standard InChI is InChI=1S/C33H24N2O5/c1-22-28(31(36)35(32(37)29(22)19-34)20-23-8-4-2-5-9-23)18-27-16-17-30(40-27)25-12-14-26(15-13-25)33(38)39-21-24-10-6-3-7-11-24/h2-18H,20-21H2,1H3/b28-18+. The topological polar surface area (TPSA) is 101 Å². The van der Waals surface area contributed by atoms with E-state index in [4.69, 9.17) is 9.15 Å². The summed E-state index contributed by atoms with van der Waals surface area (Å²) in [5.41, 5.74) is 3.25. The van der Waals surface area contributed by atoms with Crippen molar-refractivity contribution in [2.24, 2.45) is 0 Å². The third-order valence-electron chi connectivity index (χ3n) is 6.54. The van der Waals surface area contributed by atoms with Crippen LogP contribution in [-0.2, 0) is 27.5 Å². The van der Waals surface area contributed by atoms with Gasteiger partial charge in [0, 0.05) is 11.1 Å². The van der Waals surface area contributed by atoms with Gasteiger partial charge in [-0.1, -0.05) is 72.8 Å². The number of nitrogens with zero attached hydrogens (tertiary/aromatic N) is 2. The maximum atomic E-state index is 13.3. The lowest BCUT2D eigenvalue weighted by molar-refractivity contribution is -0.141. The Morgan fingerprint density at radius 3 is 2.17 bits per heavy atom. The molecule has 0 fully saturated rings. The van der Waals surface area contributed by atoms with E-state index >= 15 is 0 Å². The summed E-state index contributed by atoms with van der Waals surface area (Å²) in [6.07, 6.45) is 1.54. The van der Waals surface area contributed by atoms with E-state index in [-0.39, 0.29) is 24.3 Å². The van der Waals surface area contributed by atoms with Gasteiger partial charge in [0.05, 0.1) is 12.1 Å². The van der Waals surface area contributed by atoms with E-state index in [1.807, 2.05) is 66.7 Å². The fourth-order valence-electron chi connectivity index (χ4n) is 4.34. The Kier molecular flexibility index (Phi) is 7.52. The molecule has 1 aliphatic heterocycles. The Morgan fingerprint density at radius 1 is 0.875 bits per heavy atom. The van der Waals surface area contributed by atoms with E-state index in [9.17, 15) is 19.6 Å². The number of carbonyl (C=O) groups is 3. The Morgan fingerprint density at radius 2 is 1.52 bits per heavy atom. The summed E-state index contributed by atoms with van der Waals surface area (Å²) in [5, 5.41) is 9.64. The molecule has 0 N–H and O–H groups in total. The van der Waals surface area contributed by atoms with E-state index in [1.165, 1.54) is 6.08 Å². The molecule has 3 aromatic carbocycles. The van der Waals surface area contributed by atoms with Crippen molar-refractivity contribution in [3.8, 4) is 17.4 Å². The molecule has 0 atom stereocenters. The van der Waals surface area contributed by atoms with Crippen molar-refractivity contribution in [1.29, 1.82) is 5.26 Å². The van der Waals surface area contributed by atoms with E-state index in [0.29, 0.717) is 22.7 Å². The lowest BCUT2D eigenvalue weighted by Crippen LogP contribution is -2.42. The van der Waals surface area contributed by atoms with Gasteiger partial charge < -0.3 is 9.15 Å². The second kappa shape index (κ2) is 11.5. The van der Waals surface area contributed by atoms with Crippen LogP contribution in [0.4, 0.5) is 0 Å². The van der Waals surface area contributed by atoms with Crippen LogP contribution in [0.15, 0.2) is 118 Å². The van der Waals surface area contributed by atoms with Gasteiger partial charge in [0.1, 0.15) is 29.8 Å². The number of rotatable bonds is 7. The minimum absolute atomic E-state index is 0.0534. The highest BCUT2D eigenvalue weighted by Gasteiger charge is 2.35. The quantitative estimate of drug-likeness (QED) is 0.163. The minimum atomic E-state index is -0.617. The molecule has 7 heteroatoms. The summed E-state index contributed by atoms with van der Waals surface area (Å²) in [6.45, 7) is 1.82. The molecule has 0 bridgehead atoms. The molecule has 5 rings (SSSR count). The largest absolute Gasteiger partial charge is 0.457 e. The second-order valence-electron chi connectivity index (χ2n) is 9.19. The van der Waals surface area contributed by atoms with Gasteiger partial charge in [-0.15, -0.1) is 0 Å². The third kappa shape index (κ3) is 5.52. The van der Waals surface area contributed by atoms with Crippen molar-refractivity contribution in [2.45, 2.75) is 20.1 Å². The maximum Gasteiger partial charge on any atom is 0.338 e. The van der Waals surface area contributed by atoms with Gasteiger partial charge in [-0.25, -0.2) is 4.79 Å². The van der Waals surface area contributed by atoms with E-state index in [0.717, 1.165) is 21.6 Å². The van der Waals surface area contributed by atoms with Gasteiger partial charge in [0.15, 0.2) is 0 Å². The number of imide groups is 1. The number of hydrogen-bond acceptors (Lipinski definition) is 6. The van der Waals surface area contributed by atoms with Crippen LogP contribution < -0.4 is 0 Å². The van der Waals surface area contributed by atoms with E-state index in [2.05, 4.69) is 0 Å². The Bertz CT molecular complexity index is 1670. The van der Waals surface area contributed by atoms with Gasteiger partial charge in [0.25, 0.3) is 11.8 Å². The molecule has 0 spiro atoms. The molecule has 1 aromatic heterocycles. The van der Waals surface area contributed by atoms with Crippen LogP contribution in [0, 0.1) is 11.3 Å². The number of nitriles is 1. The van der Waals surface area contributed by atoms with Crippen molar-refractivity contribution in [1.82, 2.24) is 4.90 Å². The number of hydrogen-bond donors (Lipinski definition) is 0. The zero-order valence-corrected chi connectivity index (χ0v) is 21.7. The fourth-order valence-corrected chi connectivity index (χ4v) is 4.34. The number of esters is 1. The highest BCUT2D eigenvalue weighted by atomic mass is 16.5. The molecule has 0 radical (unpaired) electrons. The van der Waals surface area contributed by atoms with Crippen LogP contribution in [0.3, 0.4) is 0 Å². The van der Waals surface area contributed by atoms with Gasteiger partial charge in [-0.05, 0) is 54.0 Å². The molecule has 196 valence electrons. The Labute approximate surface area is 231 Å². The second-order valence-corrected chi connectivity index (χ2v) is 9.19. The molecule has 7 nitrogen and oxygen atoms in total. The maximum absolute atomic E-state index is 13.3. The van der Waals surface area contributed by atoms with Crippen LogP contribution >= 0.6 is 0 Å². The summed E-state index contributed by atoms with van der Waals surface area (Å²) in [7, 11) is 0. The van der Waals surface area contributed by atoms with Crippen LogP contribution in [0.25, 0.3) is 17.4 Å². The molecule has 2 heterocycles. The van der Waals surface area contributed by atoms with Gasteiger partial charge in [-0.3, -0.25) is 14.5 Å². The van der Waals surface area contributed by atoms with Crippen LogP contribution in [-0.4, -0.2) is 22.7 Å². The number of carbonyl (C=O) groups excluding carboxylic acids is 3. The molecule has 2 amide bonds. The van der Waals surface area contributed by atoms with E-state index in [1.54, 1.807) is 43.3 Å². The fraction of sp³-hybridized carbons (Fsp3) is 0.0909. The summed E-state index contributed by atoms with van der Waals surface area (Å²) >= 11 is 0. The lowest BCUT2D eigenvalue weighted by atomic mass is 9.94. The normalized spacial score (nSPS) is 14.4. The van der Waals surface area contributed by atoms with Crippen molar-refractivity contribution in [2.75, 3.05) is 0 Å². The number of amides is 2. The lowest BCUT2D eigenvalue weighted by Gasteiger charge is -2.27. The van der Waals surface area contributed by atoms with Gasteiger partial charge in [0.2, 0.25) is 0 Å². The first-order valence-corrected chi connectivity index (χ1v) is 12.6. The summed E-state index contributed by atoms with van der Waals surface area (Å²) < 4.78 is 11.4. The first kappa shape index (κ1) is 26.1. The first-order chi connectivity index (χ1) is 19.4. The predicted molar refractivity (Wildman–Crippen MR) is 148 cm³/mol. The van der Waals surface area contributed by atoms with Crippen molar-refractivity contribution in [3.63, 3.8) is 0 Å². The van der Waals surface area contributed by atoms with Crippen LogP contribution in [0.1, 0.15) is 34.2 Å². The smallest absolute Gasteiger partial charge is 0.338 e. The zero-order chi connectivity index (χ0) is 28.1. The average Bonchev–Trinajstić information content (AvgIpc) is 3.46. The molecule has 1 aliphatic rings. The zero-order valence-electron chi connectivity index (χ0n) is 21.7. The molecule has 0 saturated carbocycles. The third-order valence-corrected chi connectivity index (χ3v) is 6.54.